The molecule has 1 aliphatic heterocycles. The number of carbonyl (C=O) groups excluding carboxylic acids is 6. The summed E-state index contributed by atoms with van der Waals surface area (Å²) in [6.07, 6.45) is 0.424. The SMILES string of the molecule is CC(C)(C)OC(=O)NCC[C@H](NC(=O)OC(C)(C)C)c1cnn(C[C@H]2NC(=O)[C@H]2NC(=O)/C(=N\OC2(C(=O)OC(c3ccccc3)c3ccccc3)CCCC2)c2csc(NC(=O)OC(C)(C)C)n2)n1. The van der Waals surface area contributed by atoms with E-state index < -0.39 is 82.7 Å². The Kier molecular flexibility index (Phi) is 16.5. The molecular formula is C48H62N10O11S. The fourth-order valence-electron chi connectivity index (χ4n) is 7.33. The first-order valence-corrected chi connectivity index (χ1v) is 23.8. The van der Waals surface area contributed by atoms with E-state index in [4.69, 9.17) is 23.8 Å². The topological polar surface area (TPSA) is 265 Å². The van der Waals surface area contributed by atoms with Crippen LogP contribution < -0.4 is 26.6 Å². The van der Waals surface area contributed by atoms with Gasteiger partial charge in [0.05, 0.1) is 24.8 Å². The number of hydrogen-bond acceptors (Lipinski definition) is 16. The van der Waals surface area contributed by atoms with E-state index in [0.29, 0.717) is 18.5 Å². The molecule has 3 atom stereocenters. The molecule has 5 N–H and O–H groups in total. The maximum absolute atomic E-state index is 14.4. The lowest BCUT2D eigenvalue weighted by molar-refractivity contribution is -0.176. The standard InChI is InChI=1S/C48H62N10O11S/c1-45(2,3)66-42(62)49-25-22-31(53-43(63)67-46(4,5)6)32-26-50-58(56-32)27-33-35(38(59)51-33)54-39(60)36(34-28-70-41(52-34)55-44(64)68-47(7,8)9)57-69-48(23-16-17-24-48)40(61)65-37(29-18-12-10-13-19-29)30-20-14-11-15-21-30/h10-15,18-21,26,28,31,33,35,37H,16-17,22-25,27H2,1-9H3,(H,49,62)(H,51,59)(H,53,63)(H,54,60)(H,52,55,64)/b57-36-/t31-,33+,35-/m0/s1. The summed E-state index contributed by atoms with van der Waals surface area (Å²) in [4.78, 5) is 91.6. The van der Waals surface area contributed by atoms with Gasteiger partial charge in [-0.3, -0.25) is 14.9 Å². The number of ether oxygens (including phenoxy) is 4. The summed E-state index contributed by atoms with van der Waals surface area (Å²) < 4.78 is 22.4. The van der Waals surface area contributed by atoms with Crippen molar-refractivity contribution in [3.63, 3.8) is 0 Å². The summed E-state index contributed by atoms with van der Waals surface area (Å²) in [5.41, 5.74) is -2.50. The number of carbonyl (C=O) groups is 6. The first kappa shape index (κ1) is 52.3. The summed E-state index contributed by atoms with van der Waals surface area (Å²) in [7, 11) is 0. The normalized spacial score (nSPS) is 17.3. The van der Waals surface area contributed by atoms with Crippen LogP contribution in [-0.4, -0.2) is 103 Å². The van der Waals surface area contributed by atoms with Gasteiger partial charge in [0.1, 0.15) is 34.2 Å². The number of aromatic nitrogens is 4. The monoisotopic (exact) mass is 986 g/mol. The molecule has 21 nitrogen and oxygen atoms in total. The van der Waals surface area contributed by atoms with Crippen molar-refractivity contribution in [2.45, 2.75) is 148 Å². The Morgan fingerprint density at radius 1 is 0.843 bits per heavy atom. The molecule has 5 amide bonds. The number of benzene rings is 2. The van der Waals surface area contributed by atoms with Crippen LogP contribution in [0.4, 0.5) is 19.5 Å². The van der Waals surface area contributed by atoms with Crippen molar-refractivity contribution in [1.29, 1.82) is 0 Å². The number of esters is 1. The van der Waals surface area contributed by atoms with Crippen LogP contribution in [0.15, 0.2) is 77.4 Å². The Bertz CT molecular complexity index is 2470. The number of β-lactam (4-membered cyclic amide) rings is 1. The van der Waals surface area contributed by atoms with Gasteiger partial charge in [0, 0.05) is 24.8 Å². The van der Waals surface area contributed by atoms with Gasteiger partial charge in [-0.2, -0.15) is 15.0 Å². The number of oxime groups is 1. The van der Waals surface area contributed by atoms with E-state index in [2.05, 4.69) is 46.9 Å². The lowest BCUT2D eigenvalue weighted by Crippen LogP contribution is -2.70. The minimum atomic E-state index is -1.58. The highest BCUT2D eigenvalue weighted by Gasteiger charge is 2.48. The zero-order valence-electron chi connectivity index (χ0n) is 40.8. The Hall–Kier alpha value is -7.10. The molecule has 70 heavy (non-hydrogen) atoms. The van der Waals surface area contributed by atoms with Gasteiger partial charge < -0.3 is 45.1 Å². The molecule has 0 unspecified atom stereocenters. The van der Waals surface area contributed by atoms with Crippen LogP contribution in [0, 0.1) is 0 Å². The third kappa shape index (κ3) is 14.9. The predicted octanol–water partition coefficient (Wildman–Crippen LogP) is 6.61. The summed E-state index contributed by atoms with van der Waals surface area (Å²) >= 11 is 0.986. The van der Waals surface area contributed by atoms with Gasteiger partial charge in [-0.1, -0.05) is 65.8 Å². The fourth-order valence-corrected chi connectivity index (χ4v) is 8.01. The van der Waals surface area contributed by atoms with Gasteiger partial charge in [-0.15, -0.1) is 11.3 Å². The number of amides is 5. The number of rotatable bonds is 17. The van der Waals surface area contributed by atoms with E-state index in [0.717, 1.165) is 22.5 Å². The van der Waals surface area contributed by atoms with Crippen molar-refractivity contribution in [3.05, 3.63) is 94.8 Å². The van der Waals surface area contributed by atoms with Crippen LogP contribution in [0.2, 0.25) is 0 Å². The van der Waals surface area contributed by atoms with Gasteiger partial charge in [-0.25, -0.2) is 24.2 Å². The lowest BCUT2D eigenvalue weighted by Gasteiger charge is -2.36. The third-order valence-electron chi connectivity index (χ3n) is 10.5. The van der Waals surface area contributed by atoms with Crippen LogP contribution in [0.1, 0.15) is 129 Å². The van der Waals surface area contributed by atoms with Crippen molar-refractivity contribution in [1.82, 2.24) is 41.2 Å². The maximum atomic E-state index is 14.4. The molecule has 4 aromatic rings. The zero-order valence-corrected chi connectivity index (χ0v) is 41.6. The van der Waals surface area contributed by atoms with E-state index in [1.807, 2.05) is 60.7 Å². The van der Waals surface area contributed by atoms with Gasteiger partial charge in [0.25, 0.3) is 5.91 Å². The molecular weight excluding hydrogens is 925 g/mol. The van der Waals surface area contributed by atoms with Crippen molar-refractivity contribution in [2.75, 3.05) is 11.9 Å². The first-order valence-electron chi connectivity index (χ1n) is 23.0. The van der Waals surface area contributed by atoms with Gasteiger partial charge in [0.2, 0.25) is 11.5 Å². The van der Waals surface area contributed by atoms with Crippen LogP contribution >= 0.6 is 11.3 Å². The Morgan fingerprint density at radius 2 is 1.43 bits per heavy atom. The summed E-state index contributed by atoms with van der Waals surface area (Å²) in [5.74, 6) is -2.07. The quantitative estimate of drug-likeness (QED) is 0.0245. The first-order chi connectivity index (χ1) is 33.0. The van der Waals surface area contributed by atoms with Gasteiger partial charge in [-0.05, 0) is 92.7 Å². The summed E-state index contributed by atoms with van der Waals surface area (Å²) in [5, 5.41) is 28.2. The highest BCUT2D eigenvalue weighted by Crippen LogP contribution is 2.38. The molecule has 2 aromatic carbocycles. The largest absolute Gasteiger partial charge is 0.450 e. The molecule has 6 rings (SSSR count). The summed E-state index contributed by atoms with van der Waals surface area (Å²) in [6.45, 7) is 15.6. The molecule has 2 fully saturated rings. The van der Waals surface area contributed by atoms with Gasteiger partial charge in [0.15, 0.2) is 16.9 Å². The fraction of sp³-hybridized carbons (Fsp3) is 0.500. The number of nitrogens with zero attached hydrogens (tertiary/aromatic N) is 5. The number of hydrogen-bond donors (Lipinski definition) is 5. The summed E-state index contributed by atoms with van der Waals surface area (Å²) in [6, 6.07) is 16.0. The zero-order chi connectivity index (χ0) is 50.9. The molecule has 22 heteroatoms. The second-order valence-electron chi connectivity index (χ2n) is 19.8. The molecule has 1 saturated carbocycles. The average Bonchev–Trinajstić information content (AvgIpc) is 4.06. The van der Waals surface area contributed by atoms with E-state index in [1.165, 1.54) is 16.4 Å². The Morgan fingerprint density at radius 3 is 2.01 bits per heavy atom. The molecule has 0 bridgehead atoms. The van der Waals surface area contributed by atoms with E-state index >= 15 is 0 Å². The molecule has 0 spiro atoms. The van der Waals surface area contributed by atoms with Crippen molar-refractivity contribution in [3.8, 4) is 0 Å². The number of anilines is 1. The van der Waals surface area contributed by atoms with E-state index in [-0.39, 0.29) is 48.9 Å². The molecule has 2 aromatic heterocycles. The van der Waals surface area contributed by atoms with Crippen LogP contribution in [0.5, 0.6) is 0 Å². The highest BCUT2D eigenvalue weighted by atomic mass is 32.1. The second-order valence-corrected chi connectivity index (χ2v) is 20.7. The van der Waals surface area contributed by atoms with Crippen LogP contribution in [0.3, 0.4) is 0 Å². The second kappa shape index (κ2) is 22.1. The average molecular weight is 987 g/mol. The molecule has 376 valence electrons. The minimum absolute atomic E-state index is 0.0193. The predicted molar refractivity (Wildman–Crippen MR) is 256 cm³/mol. The third-order valence-corrected chi connectivity index (χ3v) is 11.2. The maximum Gasteiger partial charge on any atom is 0.413 e. The number of nitrogens with one attached hydrogen (secondary N) is 5. The lowest BCUT2D eigenvalue weighted by atomic mass is 9.98. The highest BCUT2D eigenvalue weighted by molar-refractivity contribution is 7.14. The molecule has 3 heterocycles. The van der Waals surface area contributed by atoms with Crippen molar-refractivity contribution >= 4 is 58.2 Å². The van der Waals surface area contributed by atoms with Crippen LogP contribution in [0.25, 0.3) is 0 Å². The van der Waals surface area contributed by atoms with Gasteiger partial charge >= 0.3 is 24.2 Å². The molecule has 1 saturated heterocycles. The Balaban J connectivity index is 1.22. The van der Waals surface area contributed by atoms with E-state index in [1.54, 1.807) is 62.3 Å². The van der Waals surface area contributed by atoms with E-state index in [9.17, 15) is 28.8 Å². The smallest absolute Gasteiger partial charge is 0.413 e. The molecule has 2 aliphatic rings. The van der Waals surface area contributed by atoms with Crippen LogP contribution in [-0.2, 0) is 44.7 Å². The van der Waals surface area contributed by atoms with Crippen molar-refractivity contribution < 1.29 is 52.6 Å². The molecule has 1 aliphatic carbocycles. The number of alkyl carbamates (subject to hydrolysis) is 2. The molecule has 0 radical (unpaired) electrons. The van der Waals surface area contributed by atoms with Crippen molar-refractivity contribution in [2.24, 2.45) is 5.16 Å². The minimum Gasteiger partial charge on any atom is -0.450 e. The number of thiazole rings is 1. The Labute approximate surface area is 410 Å².